The van der Waals surface area contributed by atoms with E-state index in [0.29, 0.717) is 17.3 Å². The first-order valence-corrected chi connectivity index (χ1v) is 11.7. The Morgan fingerprint density at radius 1 is 1.31 bits per heavy atom. The van der Waals surface area contributed by atoms with Crippen LogP contribution in [0.5, 0.6) is 0 Å². The highest BCUT2D eigenvalue weighted by molar-refractivity contribution is 7.13. The highest BCUT2D eigenvalue weighted by Gasteiger charge is 2.33. The van der Waals surface area contributed by atoms with Crippen molar-refractivity contribution in [2.24, 2.45) is 0 Å². The Kier molecular flexibility index (Phi) is 6.11. The number of hydrogen-bond acceptors (Lipinski definition) is 7. The molecule has 4 heterocycles. The zero-order valence-electron chi connectivity index (χ0n) is 18.4. The molecule has 1 aliphatic carbocycles. The van der Waals surface area contributed by atoms with Gasteiger partial charge in [-0.1, -0.05) is 0 Å². The lowest BCUT2D eigenvalue weighted by molar-refractivity contribution is -0.137. The number of pyridine rings is 1. The molecular weight excluding hydrogens is 483 g/mol. The van der Waals surface area contributed by atoms with E-state index in [4.69, 9.17) is 4.74 Å². The van der Waals surface area contributed by atoms with Gasteiger partial charge in [-0.2, -0.15) is 23.4 Å². The number of amides is 1. The molecule has 0 atom stereocenters. The quantitative estimate of drug-likeness (QED) is 0.375. The first-order valence-electron chi connectivity index (χ1n) is 10.8. The van der Waals surface area contributed by atoms with Gasteiger partial charge in [0.05, 0.1) is 35.3 Å². The number of halogens is 3. The zero-order valence-corrected chi connectivity index (χ0v) is 19.2. The van der Waals surface area contributed by atoms with Crippen LogP contribution >= 0.6 is 11.3 Å². The van der Waals surface area contributed by atoms with Crippen molar-refractivity contribution in [1.82, 2.24) is 29.9 Å². The minimum absolute atomic E-state index is 0.0531. The van der Waals surface area contributed by atoms with Gasteiger partial charge in [-0.3, -0.25) is 19.6 Å². The molecule has 0 bridgehead atoms. The van der Waals surface area contributed by atoms with Crippen LogP contribution < -0.4 is 5.32 Å². The number of H-pyrrole nitrogens is 1. The predicted molar refractivity (Wildman–Crippen MR) is 122 cm³/mol. The lowest BCUT2D eigenvalue weighted by Crippen LogP contribution is -2.33. The van der Waals surface area contributed by atoms with Crippen LogP contribution in [0.25, 0.3) is 22.0 Å². The van der Waals surface area contributed by atoms with Crippen molar-refractivity contribution in [1.29, 1.82) is 0 Å². The second-order valence-corrected chi connectivity index (χ2v) is 8.84. The molecular formula is C22H20F3N7O2S. The van der Waals surface area contributed by atoms with E-state index in [0.717, 1.165) is 30.7 Å². The lowest BCUT2D eigenvalue weighted by atomic mass is 9.89. The minimum Gasteiger partial charge on any atom is -0.378 e. The van der Waals surface area contributed by atoms with Crippen molar-refractivity contribution in [3.63, 3.8) is 0 Å². The summed E-state index contributed by atoms with van der Waals surface area (Å²) < 4.78 is 46.3. The monoisotopic (exact) mass is 503 g/mol. The fourth-order valence-corrected chi connectivity index (χ4v) is 4.53. The van der Waals surface area contributed by atoms with Gasteiger partial charge in [0.15, 0.2) is 0 Å². The van der Waals surface area contributed by atoms with Gasteiger partial charge in [0.1, 0.15) is 16.4 Å². The number of carbonyl (C=O) groups excluding carboxylic acids is 1. The van der Waals surface area contributed by atoms with E-state index >= 15 is 0 Å². The summed E-state index contributed by atoms with van der Waals surface area (Å²) >= 11 is 1.29. The summed E-state index contributed by atoms with van der Waals surface area (Å²) in [5.41, 5.74) is 0.914. The standard InChI is InChI=1S/C22H20F3N7O2S/c1-2-34-15-5-14(6-15)32-10-17(19(31-32)16-4-3-13(9-26-16)22(23,24)25)29-20(33)18-11-35-21(30-18)12-7-27-28-8-12/h3-4,7-11,14-15H,2,5-6H2,1H3,(H,27,28)(H,29,33). The first kappa shape index (κ1) is 23.2. The third-order valence-corrected chi connectivity index (χ3v) is 6.53. The van der Waals surface area contributed by atoms with Gasteiger partial charge in [0, 0.05) is 36.1 Å². The SMILES string of the molecule is CCOC1CC(n2cc(NC(=O)c3csc(-c4cn[nH]c4)n3)c(-c3ccc(C(F)(F)F)cn3)n2)C1. The van der Waals surface area contributed by atoms with Gasteiger partial charge in [-0.05, 0) is 31.9 Å². The lowest BCUT2D eigenvalue weighted by Gasteiger charge is -2.34. The number of rotatable bonds is 7. The molecule has 182 valence electrons. The molecule has 9 nitrogen and oxygen atoms in total. The van der Waals surface area contributed by atoms with Crippen LogP contribution in [0.2, 0.25) is 0 Å². The van der Waals surface area contributed by atoms with Crippen molar-refractivity contribution in [2.45, 2.75) is 38.1 Å². The predicted octanol–water partition coefficient (Wildman–Crippen LogP) is 4.80. The van der Waals surface area contributed by atoms with Crippen molar-refractivity contribution >= 4 is 22.9 Å². The normalized spacial score (nSPS) is 17.8. The van der Waals surface area contributed by atoms with E-state index in [1.807, 2.05) is 6.92 Å². The Hall–Kier alpha value is -3.58. The van der Waals surface area contributed by atoms with E-state index in [9.17, 15) is 18.0 Å². The van der Waals surface area contributed by atoms with Crippen molar-refractivity contribution < 1.29 is 22.7 Å². The minimum atomic E-state index is -4.50. The van der Waals surface area contributed by atoms with Crippen LogP contribution in [0.3, 0.4) is 0 Å². The molecule has 1 fully saturated rings. The van der Waals surface area contributed by atoms with Crippen LogP contribution in [0.1, 0.15) is 41.9 Å². The maximum Gasteiger partial charge on any atom is 0.417 e. The fraction of sp³-hybridized carbons (Fsp3) is 0.318. The molecule has 4 aromatic heterocycles. The average Bonchev–Trinajstić information content (AvgIpc) is 3.56. The molecule has 5 rings (SSSR count). The van der Waals surface area contributed by atoms with Crippen LogP contribution in [0.4, 0.5) is 18.9 Å². The molecule has 1 aliphatic rings. The number of thiazole rings is 1. The highest BCUT2D eigenvalue weighted by atomic mass is 32.1. The third-order valence-electron chi connectivity index (χ3n) is 5.64. The number of ether oxygens (including phenoxy) is 1. The van der Waals surface area contributed by atoms with Gasteiger partial charge in [0.2, 0.25) is 0 Å². The summed E-state index contributed by atoms with van der Waals surface area (Å²) in [6.07, 6.45) is 2.84. The fourth-order valence-electron chi connectivity index (χ4n) is 3.75. The van der Waals surface area contributed by atoms with Crippen molar-refractivity contribution in [3.05, 3.63) is 53.6 Å². The molecule has 13 heteroatoms. The summed E-state index contributed by atoms with van der Waals surface area (Å²) in [6.45, 7) is 2.55. The molecule has 2 N–H and O–H groups in total. The van der Waals surface area contributed by atoms with Gasteiger partial charge in [0.25, 0.3) is 5.91 Å². The molecule has 4 aromatic rings. The molecule has 0 spiro atoms. The van der Waals surface area contributed by atoms with Crippen LogP contribution in [-0.2, 0) is 10.9 Å². The zero-order chi connectivity index (χ0) is 24.6. The Morgan fingerprint density at radius 2 is 2.14 bits per heavy atom. The molecule has 0 aliphatic heterocycles. The highest BCUT2D eigenvalue weighted by Crippen LogP contribution is 2.37. The summed E-state index contributed by atoms with van der Waals surface area (Å²) in [5, 5.41) is 16.2. The smallest absolute Gasteiger partial charge is 0.378 e. The van der Waals surface area contributed by atoms with E-state index < -0.39 is 17.6 Å². The Balaban J connectivity index is 1.42. The Morgan fingerprint density at radius 3 is 2.80 bits per heavy atom. The molecule has 0 aromatic carbocycles. The second kappa shape index (κ2) is 9.23. The first-order chi connectivity index (χ1) is 16.8. The van der Waals surface area contributed by atoms with Gasteiger partial charge >= 0.3 is 6.18 Å². The number of hydrogen-bond donors (Lipinski definition) is 2. The van der Waals surface area contributed by atoms with E-state index in [1.54, 1.807) is 28.7 Å². The van der Waals surface area contributed by atoms with Crippen molar-refractivity contribution in [2.75, 3.05) is 11.9 Å². The third kappa shape index (κ3) is 4.82. The van der Waals surface area contributed by atoms with E-state index in [1.165, 1.54) is 17.4 Å². The molecule has 0 saturated heterocycles. The van der Waals surface area contributed by atoms with Crippen LogP contribution in [0.15, 0.2) is 42.3 Å². The second-order valence-electron chi connectivity index (χ2n) is 7.98. The molecule has 0 radical (unpaired) electrons. The number of aromatic amines is 1. The summed E-state index contributed by atoms with van der Waals surface area (Å²) in [7, 11) is 0. The average molecular weight is 504 g/mol. The number of nitrogens with one attached hydrogen (secondary N) is 2. The molecule has 1 amide bonds. The summed E-state index contributed by atoms with van der Waals surface area (Å²) in [5.74, 6) is -0.468. The van der Waals surface area contributed by atoms with E-state index in [-0.39, 0.29) is 29.2 Å². The van der Waals surface area contributed by atoms with Gasteiger partial charge in [-0.15, -0.1) is 11.3 Å². The summed E-state index contributed by atoms with van der Waals surface area (Å²) in [4.78, 5) is 21.3. The Labute approximate surface area is 201 Å². The summed E-state index contributed by atoms with van der Waals surface area (Å²) in [6, 6.07) is 2.24. The number of aromatic nitrogens is 6. The largest absolute Gasteiger partial charge is 0.417 e. The Bertz CT molecular complexity index is 1310. The van der Waals surface area contributed by atoms with Crippen LogP contribution in [-0.4, -0.2) is 48.6 Å². The number of anilines is 1. The van der Waals surface area contributed by atoms with Crippen LogP contribution in [0, 0.1) is 0 Å². The molecule has 0 unspecified atom stereocenters. The van der Waals surface area contributed by atoms with E-state index in [2.05, 4.69) is 30.6 Å². The molecule has 35 heavy (non-hydrogen) atoms. The number of alkyl halides is 3. The molecule has 1 saturated carbocycles. The topological polar surface area (TPSA) is 111 Å². The number of carbonyl (C=O) groups is 1. The van der Waals surface area contributed by atoms with Gasteiger partial charge in [-0.25, -0.2) is 4.98 Å². The number of nitrogens with zero attached hydrogens (tertiary/aromatic N) is 5. The van der Waals surface area contributed by atoms with Gasteiger partial charge < -0.3 is 10.1 Å². The maximum absolute atomic E-state index is 13.0. The maximum atomic E-state index is 13.0. The van der Waals surface area contributed by atoms with Crippen molar-refractivity contribution in [3.8, 4) is 22.0 Å².